The zero-order chi connectivity index (χ0) is 16.2. The Balaban J connectivity index is 1.53. The standard InChI is InChI=1S/C15H19N5O2S/c1-11(22-13-4-3-5-16-10-13)14(21)19-6-8-20(9-7-19)15-17-12(2)18-23-15/h3-5,10-11H,6-9H2,1-2H3. The number of rotatable bonds is 4. The lowest BCUT2D eigenvalue weighted by Gasteiger charge is -2.35. The van der Waals surface area contributed by atoms with Crippen molar-refractivity contribution >= 4 is 22.6 Å². The van der Waals surface area contributed by atoms with Crippen LogP contribution < -0.4 is 9.64 Å². The van der Waals surface area contributed by atoms with Gasteiger partial charge in [0.2, 0.25) is 5.13 Å². The Labute approximate surface area is 139 Å². The molecule has 0 aromatic carbocycles. The van der Waals surface area contributed by atoms with Crippen molar-refractivity contribution in [3.63, 3.8) is 0 Å². The molecule has 1 fully saturated rings. The van der Waals surface area contributed by atoms with E-state index < -0.39 is 6.10 Å². The molecule has 1 aliphatic heterocycles. The molecule has 0 saturated carbocycles. The predicted octanol–water partition coefficient (Wildman–Crippen LogP) is 1.36. The van der Waals surface area contributed by atoms with Crippen LogP contribution in [0.3, 0.4) is 0 Å². The minimum atomic E-state index is -0.519. The highest BCUT2D eigenvalue weighted by Gasteiger charge is 2.27. The Bertz CT molecular complexity index is 655. The van der Waals surface area contributed by atoms with Crippen LogP contribution >= 0.6 is 11.5 Å². The number of ether oxygens (including phenoxy) is 1. The Morgan fingerprint density at radius 2 is 2.13 bits per heavy atom. The lowest BCUT2D eigenvalue weighted by Crippen LogP contribution is -2.52. The second kappa shape index (κ2) is 6.91. The maximum atomic E-state index is 12.5. The van der Waals surface area contributed by atoms with Crippen molar-refractivity contribution in [2.45, 2.75) is 20.0 Å². The van der Waals surface area contributed by atoms with Gasteiger partial charge in [-0.25, -0.2) is 4.98 Å². The number of carbonyl (C=O) groups is 1. The number of amides is 1. The molecule has 3 heterocycles. The second-order valence-electron chi connectivity index (χ2n) is 5.39. The molecule has 0 radical (unpaired) electrons. The molecule has 7 nitrogen and oxygen atoms in total. The van der Waals surface area contributed by atoms with Crippen molar-refractivity contribution in [3.8, 4) is 5.75 Å². The molecule has 1 unspecified atom stereocenters. The quantitative estimate of drug-likeness (QED) is 0.841. The van der Waals surface area contributed by atoms with Crippen LogP contribution in [0.2, 0.25) is 0 Å². The van der Waals surface area contributed by atoms with Gasteiger partial charge in [-0.2, -0.15) is 4.37 Å². The molecule has 2 aromatic rings. The third-order valence-electron chi connectivity index (χ3n) is 3.67. The van der Waals surface area contributed by atoms with Crippen LogP contribution in [0.4, 0.5) is 5.13 Å². The van der Waals surface area contributed by atoms with Gasteiger partial charge in [0.1, 0.15) is 11.6 Å². The number of hydrogen-bond donors (Lipinski definition) is 0. The summed E-state index contributed by atoms with van der Waals surface area (Å²) in [5.74, 6) is 1.40. The van der Waals surface area contributed by atoms with E-state index in [0.717, 1.165) is 24.0 Å². The van der Waals surface area contributed by atoms with Gasteiger partial charge in [0.05, 0.1) is 6.20 Å². The first-order valence-corrected chi connectivity index (χ1v) is 8.31. The van der Waals surface area contributed by atoms with E-state index in [9.17, 15) is 4.79 Å². The number of aryl methyl sites for hydroxylation is 1. The minimum Gasteiger partial charge on any atom is -0.479 e. The lowest BCUT2D eigenvalue weighted by atomic mass is 10.2. The summed E-state index contributed by atoms with van der Waals surface area (Å²) in [5, 5.41) is 0.925. The normalized spacial score (nSPS) is 16.3. The first-order chi connectivity index (χ1) is 11.1. The molecule has 1 saturated heterocycles. The predicted molar refractivity (Wildman–Crippen MR) is 87.8 cm³/mol. The Morgan fingerprint density at radius 3 is 2.74 bits per heavy atom. The summed E-state index contributed by atoms with van der Waals surface area (Å²) in [7, 11) is 0. The van der Waals surface area contributed by atoms with Crippen molar-refractivity contribution in [1.82, 2.24) is 19.2 Å². The molecule has 0 bridgehead atoms. The van der Waals surface area contributed by atoms with E-state index in [1.165, 1.54) is 11.5 Å². The molecule has 0 N–H and O–H groups in total. The van der Waals surface area contributed by atoms with E-state index >= 15 is 0 Å². The number of anilines is 1. The Kier molecular flexibility index (Phi) is 4.71. The summed E-state index contributed by atoms with van der Waals surface area (Å²) in [4.78, 5) is 24.9. The van der Waals surface area contributed by atoms with Gasteiger partial charge < -0.3 is 14.5 Å². The molecule has 0 aliphatic carbocycles. The monoisotopic (exact) mass is 333 g/mol. The number of carbonyl (C=O) groups excluding carboxylic acids is 1. The Hall–Kier alpha value is -2.22. The molecular weight excluding hydrogens is 314 g/mol. The van der Waals surface area contributed by atoms with Crippen molar-refractivity contribution < 1.29 is 9.53 Å². The molecule has 1 atom stereocenters. The summed E-state index contributed by atoms with van der Waals surface area (Å²) < 4.78 is 9.86. The lowest BCUT2D eigenvalue weighted by molar-refractivity contribution is -0.138. The summed E-state index contributed by atoms with van der Waals surface area (Å²) >= 11 is 1.40. The zero-order valence-electron chi connectivity index (χ0n) is 13.2. The van der Waals surface area contributed by atoms with Gasteiger partial charge in [-0.05, 0) is 26.0 Å². The van der Waals surface area contributed by atoms with E-state index in [-0.39, 0.29) is 5.91 Å². The fraction of sp³-hybridized carbons (Fsp3) is 0.467. The SMILES string of the molecule is Cc1nsc(N2CCN(C(=O)C(C)Oc3cccnc3)CC2)n1. The second-order valence-corrected chi connectivity index (χ2v) is 6.12. The highest BCUT2D eigenvalue weighted by atomic mass is 32.1. The van der Waals surface area contributed by atoms with E-state index in [0.29, 0.717) is 18.8 Å². The van der Waals surface area contributed by atoms with Gasteiger partial charge in [-0.3, -0.25) is 9.78 Å². The van der Waals surface area contributed by atoms with Crippen LogP contribution in [0.25, 0.3) is 0 Å². The van der Waals surface area contributed by atoms with Crippen LogP contribution in [0, 0.1) is 6.92 Å². The average molecular weight is 333 g/mol. The first-order valence-electron chi connectivity index (χ1n) is 7.54. The highest BCUT2D eigenvalue weighted by Crippen LogP contribution is 2.19. The average Bonchev–Trinajstić information content (AvgIpc) is 3.02. The molecule has 1 aliphatic rings. The van der Waals surface area contributed by atoms with Crippen molar-refractivity contribution in [2.75, 3.05) is 31.1 Å². The van der Waals surface area contributed by atoms with Crippen LogP contribution in [-0.2, 0) is 4.79 Å². The fourth-order valence-corrected chi connectivity index (χ4v) is 3.19. The largest absolute Gasteiger partial charge is 0.479 e. The molecular formula is C15H19N5O2S. The van der Waals surface area contributed by atoms with Crippen LogP contribution in [-0.4, -0.2) is 57.4 Å². The van der Waals surface area contributed by atoms with Crippen LogP contribution in [0.5, 0.6) is 5.75 Å². The van der Waals surface area contributed by atoms with Gasteiger partial charge in [0.25, 0.3) is 5.91 Å². The molecule has 0 spiro atoms. The molecule has 1 amide bonds. The maximum absolute atomic E-state index is 12.5. The number of hydrogen-bond acceptors (Lipinski definition) is 7. The molecule has 23 heavy (non-hydrogen) atoms. The van der Waals surface area contributed by atoms with Crippen molar-refractivity contribution in [3.05, 3.63) is 30.4 Å². The van der Waals surface area contributed by atoms with Gasteiger partial charge in [-0.1, -0.05) is 0 Å². The third kappa shape index (κ3) is 3.76. The smallest absolute Gasteiger partial charge is 0.263 e. The highest BCUT2D eigenvalue weighted by molar-refractivity contribution is 7.09. The van der Waals surface area contributed by atoms with Crippen LogP contribution in [0.1, 0.15) is 12.7 Å². The fourth-order valence-electron chi connectivity index (χ4n) is 2.46. The van der Waals surface area contributed by atoms with Gasteiger partial charge in [-0.15, -0.1) is 0 Å². The van der Waals surface area contributed by atoms with E-state index in [2.05, 4.69) is 19.2 Å². The zero-order valence-corrected chi connectivity index (χ0v) is 14.0. The van der Waals surface area contributed by atoms with Gasteiger partial charge >= 0.3 is 0 Å². The molecule has 8 heteroatoms. The van der Waals surface area contributed by atoms with E-state index in [1.807, 2.05) is 11.8 Å². The summed E-state index contributed by atoms with van der Waals surface area (Å²) in [6.45, 7) is 6.52. The van der Waals surface area contributed by atoms with Crippen LogP contribution in [0.15, 0.2) is 24.5 Å². The molecule has 3 rings (SSSR count). The third-order valence-corrected chi connectivity index (χ3v) is 4.54. The summed E-state index contributed by atoms with van der Waals surface area (Å²) in [6.07, 6.45) is 2.77. The maximum Gasteiger partial charge on any atom is 0.263 e. The topological polar surface area (TPSA) is 71.5 Å². The number of aromatic nitrogens is 3. The van der Waals surface area contributed by atoms with Gasteiger partial charge in [0, 0.05) is 43.9 Å². The molecule has 122 valence electrons. The minimum absolute atomic E-state index is 0.00180. The van der Waals surface area contributed by atoms with E-state index in [4.69, 9.17) is 4.74 Å². The van der Waals surface area contributed by atoms with Gasteiger partial charge in [0.15, 0.2) is 6.10 Å². The Morgan fingerprint density at radius 1 is 1.35 bits per heavy atom. The van der Waals surface area contributed by atoms with E-state index in [1.54, 1.807) is 31.5 Å². The number of nitrogens with zero attached hydrogens (tertiary/aromatic N) is 5. The first kappa shape index (κ1) is 15.7. The van der Waals surface area contributed by atoms with Crippen molar-refractivity contribution in [1.29, 1.82) is 0 Å². The number of pyridine rings is 1. The van der Waals surface area contributed by atoms with Crippen molar-refractivity contribution in [2.24, 2.45) is 0 Å². The number of piperazine rings is 1. The summed E-state index contributed by atoms with van der Waals surface area (Å²) in [6, 6.07) is 3.59. The molecule has 2 aromatic heterocycles. The summed E-state index contributed by atoms with van der Waals surface area (Å²) in [5.41, 5.74) is 0.